The molecule has 0 radical (unpaired) electrons. The third-order valence-electron chi connectivity index (χ3n) is 4.35. The van der Waals surface area contributed by atoms with Crippen molar-refractivity contribution in [2.24, 2.45) is 5.92 Å². The van der Waals surface area contributed by atoms with Crippen LogP contribution in [-0.2, 0) is 6.42 Å². The molecule has 1 aromatic carbocycles. The molecule has 0 aromatic heterocycles. The summed E-state index contributed by atoms with van der Waals surface area (Å²) < 4.78 is 13.5. The van der Waals surface area contributed by atoms with Gasteiger partial charge < -0.3 is 5.32 Å². The van der Waals surface area contributed by atoms with Crippen LogP contribution in [0.5, 0.6) is 0 Å². The maximum atomic E-state index is 13.5. The number of nitrogens with one attached hydrogen (secondary N) is 1. The van der Waals surface area contributed by atoms with Gasteiger partial charge in [0, 0.05) is 12.1 Å². The molecule has 1 N–H and O–H groups in total. The Hall–Kier alpha value is -0.890. The van der Waals surface area contributed by atoms with Crippen molar-refractivity contribution in [3.63, 3.8) is 0 Å². The molecule has 0 aliphatic carbocycles. The van der Waals surface area contributed by atoms with E-state index in [4.69, 9.17) is 0 Å². The van der Waals surface area contributed by atoms with E-state index in [0.29, 0.717) is 0 Å². The predicted octanol–water partition coefficient (Wildman–Crippen LogP) is 3.29. The normalized spacial score (nSPS) is 31.7. The van der Waals surface area contributed by atoms with Gasteiger partial charge in [-0.25, -0.2) is 4.39 Å². The number of aryl methyl sites for hydroxylation is 1. The first kappa shape index (κ1) is 11.2. The first-order valence-electron chi connectivity index (χ1n) is 6.80. The zero-order chi connectivity index (χ0) is 11.7. The average molecular weight is 233 g/mol. The molecule has 92 valence electrons. The summed E-state index contributed by atoms with van der Waals surface area (Å²) in [5.41, 5.74) is 0.887. The Bertz CT molecular complexity index is 378. The Morgan fingerprint density at radius 1 is 1.12 bits per heavy atom. The fourth-order valence-electron chi connectivity index (χ4n) is 3.47. The molecule has 2 heterocycles. The summed E-state index contributed by atoms with van der Waals surface area (Å²) in [7, 11) is 0. The number of hydrogen-bond donors (Lipinski definition) is 1. The Labute approximate surface area is 102 Å². The maximum absolute atomic E-state index is 13.5. The van der Waals surface area contributed by atoms with Crippen LogP contribution in [0.2, 0.25) is 0 Å². The third kappa shape index (κ3) is 2.52. The summed E-state index contributed by atoms with van der Waals surface area (Å²) >= 11 is 0. The molecule has 0 spiro atoms. The number of rotatable bonds is 3. The predicted molar refractivity (Wildman–Crippen MR) is 67.4 cm³/mol. The van der Waals surface area contributed by atoms with Gasteiger partial charge in [-0.2, -0.15) is 0 Å². The topological polar surface area (TPSA) is 12.0 Å². The molecular formula is C15H20FN. The van der Waals surface area contributed by atoms with Crippen molar-refractivity contribution in [3.05, 3.63) is 35.6 Å². The molecule has 1 nitrogen and oxygen atoms in total. The number of fused-ring (bicyclic) bond motifs is 2. The second-order valence-electron chi connectivity index (χ2n) is 5.61. The lowest BCUT2D eigenvalue weighted by atomic mass is 9.87. The highest BCUT2D eigenvalue weighted by molar-refractivity contribution is 5.17. The molecule has 0 amide bonds. The smallest absolute Gasteiger partial charge is 0.126 e. The summed E-state index contributed by atoms with van der Waals surface area (Å²) in [4.78, 5) is 0. The monoisotopic (exact) mass is 233 g/mol. The van der Waals surface area contributed by atoms with Gasteiger partial charge in [-0.05, 0) is 56.1 Å². The standard InChI is InChI=1S/C15H20FN/c16-15-4-2-1-3-12(15)6-5-11-9-13-7-8-14(10-11)17-13/h1-4,11,13-14,17H,5-10H2. The van der Waals surface area contributed by atoms with Gasteiger partial charge in [0.25, 0.3) is 0 Å². The van der Waals surface area contributed by atoms with Crippen LogP contribution in [0.1, 0.15) is 37.7 Å². The van der Waals surface area contributed by atoms with Crippen LogP contribution in [0.15, 0.2) is 24.3 Å². The molecule has 2 saturated heterocycles. The Balaban J connectivity index is 1.56. The largest absolute Gasteiger partial charge is 0.311 e. The van der Waals surface area contributed by atoms with Gasteiger partial charge in [-0.3, -0.25) is 0 Å². The van der Waals surface area contributed by atoms with Gasteiger partial charge in [-0.15, -0.1) is 0 Å². The van der Waals surface area contributed by atoms with E-state index >= 15 is 0 Å². The van der Waals surface area contributed by atoms with E-state index in [0.717, 1.165) is 36.4 Å². The summed E-state index contributed by atoms with van der Waals surface area (Å²) in [6, 6.07) is 8.69. The molecule has 2 fully saturated rings. The second kappa shape index (κ2) is 4.77. The maximum Gasteiger partial charge on any atom is 0.126 e. The van der Waals surface area contributed by atoms with E-state index in [1.54, 1.807) is 12.1 Å². The van der Waals surface area contributed by atoms with Crippen molar-refractivity contribution in [2.45, 2.75) is 50.6 Å². The van der Waals surface area contributed by atoms with Gasteiger partial charge in [0.05, 0.1) is 0 Å². The Morgan fingerprint density at radius 3 is 2.53 bits per heavy atom. The highest BCUT2D eigenvalue weighted by atomic mass is 19.1. The van der Waals surface area contributed by atoms with E-state index in [-0.39, 0.29) is 5.82 Å². The minimum Gasteiger partial charge on any atom is -0.311 e. The second-order valence-corrected chi connectivity index (χ2v) is 5.61. The summed E-state index contributed by atoms with van der Waals surface area (Å²) in [6.07, 6.45) is 7.34. The molecule has 0 saturated carbocycles. The van der Waals surface area contributed by atoms with Crippen molar-refractivity contribution in [2.75, 3.05) is 0 Å². The number of piperidine rings is 1. The zero-order valence-corrected chi connectivity index (χ0v) is 10.2. The van der Waals surface area contributed by atoms with Crippen LogP contribution in [-0.4, -0.2) is 12.1 Å². The lowest BCUT2D eigenvalue weighted by Crippen LogP contribution is -2.38. The fourth-order valence-corrected chi connectivity index (χ4v) is 3.47. The number of halogens is 1. The fraction of sp³-hybridized carbons (Fsp3) is 0.600. The molecule has 2 aliphatic rings. The minimum absolute atomic E-state index is 0.0376. The Morgan fingerprint density at radius 2 is 1.82 bits per heavy atom. The molecule has 2 heteroatoms. The van der Waals surface area contributed by atoms with Crippen molar-refractivity contribution >= 4 is 0 Å². The number of hydrogen-bond acceptors (Lipinski definition) is 1. The molecule has 1 aromatic rings. The van der Waals surface area contributed by atoms with Gasteiger partial charge >= 0.3 is 0 Å². The van der Waals surface area contributed by atoms with Crippen molar-refractivity contribution in [3.8, 4) is 0 Å². The van der Waals surface area contributed by atoms with Crippen LogP contribution in [0.25, 0.3) is 0 Å². The van der Waals surface area contributed by atoms with Crippen molar-refractivity contribution < 1.29 is 4.39 Å². The number of benzene rings is 1. The van der Waals surface area contributed by atoms with Gasteiger partial charge in [0.2, 0.25) is 0 Å². The van der Waals surface area contributed by atoms with E-state index in [1.807, 2.05) is 12.1 Å². The summed E-state index contributed by atoms with van der Waals surface area (Å²) in [6.45, 7) is 0. The first-order chi connectivity index (χ1) is 8.31. The molecule has 3 rings (SSSR count). The SMILES string of the molecule is Fc1ccccc1CCC1CC2CCC(C1)N2. The van der Waals surface area contributed by atoms with Crippen LogP contribution in [0, 0.1) is 11.7 Å². The average Bonchev–Trinajstić information content (AvgIpc) is 2.68. The lowest BCUT2D eigenvalue weighted by Gasteiger charge is -2.29. The van der Waals surface area contributed by atoms with Crippen LogP contribution < -0.4 is 5.32 Å². The minimum atomic E-state index is -0.0376. The van der Waals surface area contributed by atoms with E-state index in [9.17, 15) is 4.39 Å². The molecule has 2 unspecified atom stereocenters. The van der Waals surface area contributed by atoms with Crippen LogP contribution >= 0.6 is 0 Å². The van der Waals surface area contributed by atoms with Crippen molar-refractivity contribution in [1.29, 1.82) is 0 Å². The molecular weight excluding hydrogens is 213 g/mol. The highest BCUT2D eigenvalue weighted by Crippen LogP contribution is 2.33. The quantitative estimate of drug-likeness (QED) is 0.844. The molecule has 17 heavy (non-hydrogen) atoms. The van der Waals surface area contributed by atoms with Crippen LogP contribution in [0.4, 0.5) is 4.39 Å². The molecule has 2 bridgehead atoms. The summed E-state index contributed by atoms with van der Waals surface area (Å²) in [5, 5.41) is 3.66. The van der Waals surface area contributed by atoms with Gasteiger partial charge in [0.1, 0.15) is 5.82 Å². The zero-order valence-electron chi connectivity index (χ0n) is 10.2. The molecule has 2 atom stereocenters. The Kier molecular flexibility index (Phi) is 3.15. The van der Waals surface area contributed by atoms with E-state index < -0.39 is 0 Å². The van der Waals surface area contributed by atoms with E-state index in [1.165, 1.54) is 25.7 Å². The highest BCUT2D eigenvalue weighted by Gasteiger charge is 2.32. The van der Waals surface area contributed by atoms with Gasteiger partial charge in [0.15, 0.2) is 0 Å². The molecule has 2 aliphatic heterocycles. The van der Waals surface area contributed by atoms with Crippen molar-refractivity contribution in [1.82, 2.24) is 5.32 Å². The van der Waals surface area contributed by atoms with E-state index in [2.05, 4.69) is 5.32 Å². The summed E-state index contributed by atoms with van der Waals surface area (Å²) in [5.74, 6) is 0.762. The van der Waals surface area contributed by atoms with Crippen LogP contribution in [0.3, 0.4) is 0 Å². The first-order valence-corrected chi connectivity index (χ1v) is 6.80. The van der Waals surface area contributed by atoms with Gasteiger partial charge in [-0.1, -0.05) is 18.2 Å². The third-order valence-corrected chi connectivity index (χ3v) is 4.35. The lowest BCUT2D eigenvalue weighted by molar-refractivity contribution is 0.285.